The molecule has 0 N–H and O–H groups in total. The number of carbonyl (C=O) groups excluding carboxylic acids is 1. The molecule has 0 amide bonds. The van der Waals surface area contributed by atoms with E-state index in [2.05, 4.69) is 4.98 Å². The van der Waals surface area contributed by atoms with E-state index in [1.807, 2.05) is 60.9 Å². The van der Waals surface area contributed by atoms with Gasteiger partial charge in [0.05, 0.1) is 27.8 Å². The Morgan fingerprint density at radius 2 is 1.62 bits per heavy atom. The molecule has 1 atom stereocenters. The zero-order chi connectivity index (χ0) is 32.2. The van der Waals surface area contributed by atoms with Gasteiger partial charge >= 0.3 is 17.3 Å². The minimum absolute atomic E-state index is 0.0106. The lowest BCUT2D eigenvalue weighted by Crippen LogP contribution is -2.37. The summed E-state index contributed by atoms with van der Waals surface area (Å²) in [6.45, 7) is 5.44. The summed E-state index contributed by atoms with van der Waals surface area (Å²) in [4.78, 5) is 70.4. The zero-order valence-electron chi connectivity index (χ0n) is 25.9. The van der Waals surface area contributed by atoms with Crippen LogP contribution in [-0.4, -0.2) is 40.4 Å². The number of aryl methyl sites for hydroxylation is 1. The maximum atomic E-state index is 14.0. The van der Waals surface area contributed by atoms with Crippen LogP contribution in [0, 0.1) is 0 Å². The first-order chi connectivity index (χ1) is 21.6. The highest BCUT2D eigenvalue weighted by atomic mass is 16.5. The van der Waals surface area contributed by atoms with Gasteiger partial charge in [0.25, 0.3) is 11.1 Å². The summed E-state index contributed by atoms with van der Waals surface area (Å²) in [5, 5.41) is 1.67. The van der Waals surface area contributed by atoms with Gasteiger partial charge < -0.3 is 9.30 Å². The Morgan fingerprint density at radius 3 is 2.29 bits per heavy atom. The maximum absolute atomic E-state index is 14.0. The van der Waals surface area contributed by atoms with Gasteiger partial charge in [-0.3, -0.25) is 32.7 Å². The van der Waals surface area contributed by atoms with Crippen LogP contribution in [0.2, 0.25) is 0 Å². The molecule has 0 radical (unpaired) electrons. The number of carbonyl (C=O) groups is 1. The molecule has 0 saturated carbocycles. The second kappa shape index (κ2) is 11.3. The van der Waals surface area contributed by atoms with Gasteiger partial charge in [-0.05, 0) is 43.2 Å². The van der Waals surface area contributed by atoms with Crippen LogP contribution in [0.4, 0.5) is 0 Å². The van der Waals surface area contributed by atoms with E-state index < -0.39 is 34.5 Å². The van der Waals surface area contributed by atoms with Crippen LogP contribution in [0.25, 0.3) is 49.6 Å². The molecule has 0 bridgehead atoms. The molecule has 4 heterocycles. The molecule has 12 heteroatoms. The van der Waals surface area contributed by atoms with Gasteiger partial charge in [-0.25, -0.2) is 9.59 Å². The van der Waals surface area contributed by atoms with E-state index in [1.54, 1.807) is 17.7 Å². The molecule has 12 nitrogen and oxygen atoms in total. The number of nitrogens with zero attached hydrogens (tertiary/aromatic N) is 6. The van der Waals surface area contributed by atoms with Gasteiger partial charge in [-0.1, -0.05) is 38.5 Å². The Balaban J connectivity index is 1.87. The average molecular weight is 611 g/mol. The number of ether oxygens (including phenoxy) is 1. The normalized spacial score (nSPS) is 12.5. The van der Waals surface area contributed by atoms with E-state index in [0.717, 1.165) is 16.7 Å². The van der Waals surface area contributed by atoms with E-state index in [9.17, 15) is 24.0 Å². The standard InChI is InChI=1S/C33H34N6O6/c1-6-8-16-37-31(42)26-22-14-15-24-23(17-25(22)38(28(26)34-32(37)43)20(7-2)18-45-19(3)40)27-29(35(4)33(44)36(5)30(27)41)39(24)21-12-10-9-11-13-21/h9-15,17,20H,6-8,16,18H2,1-5H3/t20-/m0/s1. The van der Waals surface area contributed by atoms with E-state index in [0.29, 0.717) is 45.7 Å². The average Bonchev–Trinajstić information content (AvgIpc) is 3.43. The Hall–Kier alpha value is -5.26. The van der Waals surface area contributed by atoms with Crippen molar-refractivity contribution in [1.29, 1.82) is 0 Å². The summed E-state index contributed by atoms with van der Waals surface area (Å²) in [5.74, 6) is -0.461. The van der Waals surface area contributed by atoms with Crippen molar-refractivity contribution in [2.45, 2.75) is 52.6 Å². The third-order valence-corrected chi connectivity index (χ3v) is 8.53. The lowest BCUT2D eigenvalue weighted by molar-refractivity contribution is -0.142. The number of unbranched alkanes of at least 4 members (excludes halogenated alkanes) is 1. The Kier molecular flexibility index (Phi) is 7.51. The fourth-order valence-electron chi connectivity index (χ4n) is 6.24. The number of rotatable bonds is 8. The van der Waals surface area contributed by atoms with E-state index in [-0.39, 0.29) is 24.2 Å². The molecule has 4 aromatic heterocycles. The quantitative estimate of drug-likeness (QED) is 0.241. The number of fused-ring (bicyclic) bond motifs is 6. The molecular formula is C33H34N6O6. The second-order valence-corrected chi connectivity index (χ2v) is 11.3. The van der Waals surface area contributed by atoms with Gasteiger partial charge in [0, 0.05) is 44.0 Å². The van der Waals surface area contributed by atoms with E-state index in [4.69, 9.17) is 4.74 Å². The highest BCUT2D eigenvalue weighted by molar-refractivity contribution is 6.14. The summed E-state index contributed by atoms with van der Waals surface area (Å²) in [6.07, 6.45) is 1.92. The summed E-state index contributed by atoms with van der Waals surface area (Å²) in [6, 6.07) is 14.4. The molecule has 232 valence electrons. The first-order valence-electron chi connectivity index (χ1n) is 15.0. The number of aromatic nitrogens is 6. The van der Waals surface area contributed by atoms with Crippen LogP contribution in [0.1, 0.15) is 46.1 Å². The Bertz CT molecular complexity index is 2390. The molecule has 45 heavy (non-hydrogen) atoms. The number of hydrogen-bond donors (Lipinski definition) is 0. The molecule has 0 spiro atoms. The first kappa shape index (κ1) is 29.8. The number of benzene rings is 1. The summed E-state index contributed by atoms with van der Waals surface area (Å²) >= 11 is 0. The van der Waals surface area contributed by atoms with E-state index >= 15 is 0 Å². The summed E-state index contributed by atoms with van der Waals surface area (Å²) in [5.41, 5.74) is 0.494. The van der Waals surface area contributed by atoms with Crippen LogP contribution in [0.15, 0.2) is 67.7 Å². The summed E-state index contributed by atoms with van der Waals surface area (Å²) in [7, 11) is 3.07. The number of para-hydroxylation sites is 1. The predicted molar refractivity (Wildman–Crippen MR) is 173 cm³/mol. The van der Waals surface area contributed by atoms with Crippen LogP contribution in [-0.2, 0) is 30.2 Å². The van der Waals surface area contributed by atoms with Gasteiger partial charge in [0.1, 0.15) is 12.3 Å². The Labute approximate surface area is 256 Å². The second-order valence-electron chi connectivity index (χ2n) is 11.3. The molecule has 0 unspecified atom stereocenters. The minimum atomic E-state index is -0.647. The maximum Gasteiger partial charge on any atom is 0.352 e. The molecule has 0 saturated heterocycles. The van der Waals surface area contributed by atoms with Gasteiger partial charge in [-0.15, -0.1) is 0 Å². The monoisotopic (exact) mass is 610 g/mol. The predicted octanol–water partition coefficient (Wildman–Crippen LogP) is 3.52. The third-order valence-electron chi connectivity index (χ3n) is 8.53. The molecule has 6 aromatic rings. The highest BCUT2D eigenvalue weighted by Gasteiger charge is 2.26. The molecule has 0 aliphatic carbocycles. The highest BCUT2D eigenvalue weighted by Crippen LogP contribution is 2.35. The topological polar surface area (TPSA) is 132 Å². The van der Waals surface area contributed by atoms with Crippen LogP contribution >= 0.6 is 0 Å². The van der Waals surface area contributed by atoms with Crippen molar-refractivity contribution in [3.8, 4) is 5.69 Å². The largest absolute Gasteiger partial charge is 0.464 e. The zero-order valence-corrected chi connectivity index (χ0v) is 25.9. The van der Waals surface area contributed by atoms with Crippen LogP contribution < -0.4 is 22.5 Å². The molecule has 2 aromatic carbocycles. The number of hydrogen-bond acceptors (Lipinski definition) is 7. The molecule has 6 rings (SSSR count). The van der Waals surface area contributed by atoms with Crippen molar-refractivity contribution in [2.24, 2.45) is 14.1 Å². The lowest BCUT2D eigenvalue weighted by Gasteiger charge is -2.18. The first-order valence-corrected chi connectivity index (χ1v) is 15.0. The van der Waals surface area contributed by atoms with Crippen LogP contribution in [0.5, 0.6) is 0 Å². The third kappa shape index (κ3) is 4.59. The molecule has 0 aliphatic heterocycles. The SMILES string of the molecule is CCCCn1c(=O)nc2c(c1=O)c1ccc3c(cc1n2[C@@H](CC)COC(C)=O)c1c(=O)n(C)c(=O)n(C)c1n3-c1ccccc1. The number of esters is 1. The smallest absolute Gasteiger partial charge is 0.352 e. The lowest BCUT2D eigenvalue weighted by atomic mass is 10.2. The molecular weight excluding hydrogens is 576 g/mol. The summed E-state index contributed by atoms with van der Waals surface area (Å²) < 4.78 is 12.7. The Morgan fingerprint density at radius 1 is 0.889 bits per heavy atom. The van der Waals surface area contributed by atoms with Gasteiger partial charge in [0.2, 0.25) is 0 Å². The van der Waals surface area contributed by atoms with Crippen molar-refractivity contribution in [1.82, 2.24) is 27.8 Å². The van der Waals surface area contributed by atoms with Crippen LogP contribution in [0.3, 0.4) is 0 Å². The fraction of sp³-hybridized carbons (Fsp3) is 0.333. The van der Waals surface area contributed by atoms with Gasteiger partial charge in [0.15, 0.2) is 5.65 Å². The van der Waals surface area contributed by atoms with Crippen molar-refractivity contribution in [3.05, 3.63) is 90.2 Å². The fourth-order valence-corrected chi connectivity index (χ4v) is 6.24. The minimum Gasteiger partial charge on any atom is -0.464 e. The van der Waals surface area contributed by atoms with Crippen molar-refractivity contribution in [3.63, 3.8) is 0 Å². The van der Waals surface area contributed by atoms with Crippen molar-refractivity contribution >= 4 is 49.8 Å². The van der Waals surface area contributed by atoms with Crippen molar-refractivity contribution < 1.29 is 9.53 Å². The van der Waals surface area contributed by atoms with Crippen molar-refractivity contribution in [2.75, 3.05) is 6.61 Å². The molecule has 0 aliphatic rings. The van der Waals surface area contributed by atoms with E-state index in [1.165, 1.54) is 23.1 Å². The van der Waals surface area contributed by atoms with Gasteiger partial charge in [-0.2, -0.15) is 4.98 Å². The molecule has 0 fully saturated rings.